The number of carbonyl (C=O) groups is 1. The summed E-state index contributed by atoms with van der Waals surface area (Å²) in [5.41, 5.74) is 0.889. The Bertz CT molecular complexity index is 1150. The van der Waals surface area contributed by atoms with Gasteiger partial charge in [-0.3, -0.25) is 9.63 Å². The van der Waals surface area contributed by atoms with Crippen molar-refractivity contribution in [1.82, 2.24) is 4.47 Å². The number of nitrogens with zero attached hydrogens (tertiary/aromatic N) is 2. The first-order chi connectivity index (χ1) is 13.3. The van der Waals surface area contributed by atoms with Gasteiger partial charge < -0.3 is 4.90 Å². The van der Waals surface area contributed by atoms with Crippen LogP contribution in [-0.2, 0) is 14.9 Å². The highest BCUT2D eigenvalue weighted by Gasteiger charge is 2.26. The Labute approximate surface area is 168 Å². The second-order valence-electron chi connectivity index (χ2n) is 6.14. The molecular formula is C20H19ClN2O4S. The van der Waals surface area contributed by atoms with E-state index in [1.54, 1.807) is 7.05 Å². The lowest BCUT2D eigenvalue weighted by molar-refractivity contribution is -0.0258. The minimum absolute atomic E-state index is 0.00816. The zero-order valence-corrected chi connectivity index (χ0v) is 17.2. The van der Waals surface area contributed by atoms with E-state index < -0.39 is 10.0 Å². The molecule has 8 heteroatoms. The lowest BCUT2D eigenvalue weighted by atomic mass is 10.1. The maximum absolute atomic E-state index is 13.0. The lowest BCUT2D eigenvalue weighted by Gasteiger charge is -2.20. The van der Waals surface area contributed by atoms with Crippen LogP contribution in [0.2, 0.25) is 5.02 Å². The van der Waals surface area contributed by atoms with Gasteiger partial charge in [-0.1, -0.05) is 46.4 Å². The average molecular weight is 419 g/mol. The molecule has 0 fully saturated rings. The Morgan fingerprint density at radius 1 is 0.964 bits per heavy atom. The van der Waals surface area contributed by atoms with Crippen LogP contribution in [0.15, 0.2) is 65.6 Å². The number of rotatable bonds is 5. The summed E-state index contributed by atoms with van der Waals surface area (Å²) < 4.78 is 25.8. The van der Waals surface area contributed by atoms with E-state index in [2.05, 4.69) is 0 Å². The minimum Gasteiger partial charge on any atom is -0.311 e. The van der Waals surface area contributed by atoms with Crippen LogP contribution in [0.3, 0.4) is 0 Å². The molecule has 0 radical (unpaired) electrons. The molecule has 28 heavy (non-hydrogen) atoms. The van der Waals surface area contributed by atoms with E-state index in [4.69, 9.17) is 16.4 Å². The zero-order valence-electron chi connectivity index (χ0n) is 15.6. The van der Waals surface area contributed by atoms with Crippen molar-refractivity contribution >= 4 is 44.0 Å². The highest BCUT2D eigenvalue weighted by atomic mass is 35.5. The third-order valence-electron chi connectivity index (χ3n) is 4.48. The van der Waals surface area contributed by atoms with Crippen LogP contribution < -0.4 is 4.90 Å². The van der Waals surface area contributed by atoms with E-state index in [1.165, 1.54) is 37.3 Å². The molecule has 0 atom stereocenters. The minimum atomic E-state index is -3.99. The molecule has 3 rings (SSSR count). The summed E-state index contributed by atoms with van der Waals surface area (Å²) in [5.74, 6) is -0.358. The van der Waals surface area contributed by atoms with Gasteiger partial charge in [0.2, 0.25) is 0 Å². The van der Waals surface area contributed by atoms with Gasteiger partial charge in [-0.25, -0.2) is 8.42 Å². The second kappa shape index (κ2) is 7.89. The van der Waals surface area contributed by atoms with Crippen LogP contribution in [0.25, 0.3) is 10.8 Å². The van der Waals surface area contributed by atoms with E-state index >= 15 is 0 Å². The molecule has 0 aliphatic heterocycles. The summed E-state index contributed by atoms with van der Waals surface area (Å²) in [7, 11) is 0.130. The van der Waals surface area contributed by atoms with Gasteiger partial charge >= 0.3 is 0 Å². The number of amides is 1. The summed E-state index contributed by atoms with van der Waals surface area (Å²) in [6, 6.07) is 17.6. The molecule has 0 bridgehead atoms. The molecule has 146 valence electrons. The Kier molecular flexibility index (Phi) is 5.71. The van der Waals surface area contributed by atoms with Crippen molar-refractivity contribution in [2.24, 2.45) is 0 Å². The Morgan fingerprint density at radius 2 is 1.64 bits per heavy atom. The topological polar surface area (TPSA) is 66.9 Å². The molecule has 3 aromatic rings. The number of hydroxylamine groups is 1. The molecule has 0 saturated heterocycles. The average Bonchev–Trinajstić information content (AvgIpc) is 2.71. The molecule has 0 unspecified atom stereocenters. The normalized spacial score (nSPS) is 11.8. The summed E-state index contributed by atoms with van der Waals surface area (Å²) in [6.07, 6.45) is 0. The van der Waals surface area contributed by atoms with E-state index in [0.717, 1.165) is 10.8 Å². The SMILES string of the molecule is CON(C)S(=O)(=O)c1cc(C(=O)N(C)c2ccc3ccccc3c2)ccc1Cl. The summed E-state index contributed by atoms with van der Waals surface area (Å²) in [4.78, 5) is 19.0. The first-order valence-electron chi connectivity index (χ1n) is 8.35. The largest absolute Gasteiger partial charge is 0.311 e. The monoisotopic (exact) mass is 418 g/mol. The predicted octanol–water partition coefficient (Wildman–Crippen LogP) is 3.95. The van der Waals surface area contributed by atoms with E-state index in [-0.39, 0.29) is 21.4 Å². The van der Waals surface area contributed by atoms with Crippen LogP contribution in [-0.4, -0.2) is 40.0 Å². The van der Waals surface area contributed by atoms with Crippen molar-refractivity contribution in [3.63, 3.8) is 0 Å². The molecular weight excluding hydrogens is 400 g/mol. The number of carbonyl (C=O) groups excluding carboxylic acids is 1. The van der Waals surface area contributed by atoms with Crippen LogP contribution in [0.1, 0.15) is 10.4 Å². The van der Waals surface area contributed by atoms with Crippen molar-refractivity contribution in [1.29, 1.82) is 0 Å². The van der Waals surface area contributed by atoms with Gasteiger partial charge in [-0.2, -0.15) is 0 Å². The van der Waals surface area contributed by atoms with Gasteiger partial charge in [0.15, 0.2) is 0 Å². The Morgan fingerprint density at radius 3 is 2.32 bits per heavy atom. The molecule has 0 N–H and O–H groups in total. The molecule has 0 heterocycles. The number of fused-ring (bicyclic) bond motifs is 1. The smallest absolute Gasteiger partial charge is 0.266 e. The molecule has 0 aliphatic carbocycles. The molecule has 0 saturated carbocycles. The fourth-order valence-corrected chi connectivity index (χ4v) is 4.24. The lowest BCUT2D eigenvalue weighted by Crippen LogP contribution is -2.28. The third-order valence-corrected chi connectivity index (χ3v) is 6.64. The molecule has 0 spiro atoms. The fourth-order valence-electron chi connectivity index (χ4n) is 2.77. The number of halogens is 1. The van der Waals surface area contributed by atoms with Gasteiger partial charge in [0.05, 0.1) is 12.1 Å². The van der Waals surface area contributed by atoms with Gasteiger partial charge in [0, 0.05) is 25.3 Å². The summed E-state index contributed by atoms with van der Waals surface area (Å²) >= 11 is 6.06. The van der Waals surface area contributed by atoms with Gasteiger partial charge in [-0.15, -0.1) is 0 Å². The van der Waals surface area contributed by atoms with Crippen LogP contribution in [0.5, 0.6) is 0 Å². The van der Waals surface area contributed by atoms with Crippen molar-refractivity contribution in [2.75, 3.05) is 26.1 Å². The molecule has 1 amide bonds. The Balaban J connectivity index is 1.98. The van der Waals surface area contributed by atoms with Crippen molar-refractivity contribution in [3.05, 3.63) is 71.2 Å². The molecule has 0 aromatic heterocycles. The zero-order chi connectivity index (χ0) is 20.5. The predicted molar refractivity (Wildman–Crippen MR) is 110 cm³/mol. The van der Waals surface area contributed by atoms with Gasteiger partial charge in [0.25, 0.3) is 15.9 Å². The number of benzene rings is 3. The van der Waals surface area contributed by atoms with Crippen molar-refractivity contribution < 1.29 is 18.0 Å². The number of anilines is 1. The fraction of sp³-hybridized carbons (Fsp3) is 0.150. The maximum Gasteiger partial charge on any atom is 0.266 e. The quantitative estimate of drug-likeness (QED) is 0.588. The van der Waals surface area contributed by atoms with E-state index in [1.807, 2.05) is 42.5 Å². The van der Waals surface area contributed by atoms with Crippen LogP contribution >= 0.6 is 11.6 Å². The summed E-state index contributed by atoms with van der Waals surface area (Å²) in [6.45, 7) is 0. The number of sulfonamides is 1. The van der Waals surface area contributed by atoms with Crippen molar-refractivity contribution in [2.45, 2.75) is 4.90 Å². The van der Waals surface area contributed by atoms with E-state index in [9.17, 15) is 13.2 Å². The maximum atomic E-state index is 13.0. The van der Waals surface area contributed by atoms with Crippen molar-refractivity contribution in [3.8, 4) is 0 Å². The summed E-state index contributed by atoms with van der Waals surface area (Å²) in [5, 5.41) is 2.07. The first kappa shape index (κ1) is 20.3. The number of hydrogen-bond acceptors (Lipinski definition) is 4. The Hall–Kier alpha value is -2.45. The van der Waals surface area contributed by atoms with Crippen LogP contribution in [0.4, 0.5) is 5.69 Å². The highest BCUT2D eigenvalue weighted by Crippen LogP contribution is 2.27. The highest BCUT2D eigenvalue weighted by molar-refractivity contribution is 7.89. The number of hydrogen-bond donors (Lipinski definition) is 0. The second-order valence-corrected chi connectivity index (χ2v) is 8.45. The first-order valence-corrected chi connectivity index (χ1v) is 10.2. The van der Waals surface area contributed by atoms with Crippen LogP contribution in [0, 0.1) is 0 Å². The third kappa shape index (κ3) is 3.74. The molecule has 0 aliphatic rings. The molecule has 6 nitrogen and oxygen atoms in total. The van der Waals surface area contributed by atoms with Gasteiger partial charge in [-0.05, 0) is 41.1 Å². The standard InChI is InChI=1S/C20H19ClN2O4S/c1-22(17-10-8-14-6-4-5-7-15(14)12-17)20(24)16-9-11-18(21)19(13-16)28(25,26)23(2)27-3/h4-13H,1-3H3. The van der Waals surface area contributed by atoms with E-state index in [0.29, 0.717) is 10.2 Å². The molecule has 3 aromatic carbocycles. The van der Waals surface area contributed by atoms with Gasteiger partial charge in [0.1, 0.15) is 4.90 Å².